The molecule has 2 fully saturated rings. The molecule has 18 heavy (non-hydrogen) atoms. The van der Waals surface area contributed by atoms with Gasteiger partial charge in [0.15, 0.2) is 0 Å². The van der Waals surface area contributed by atoms with E-state index in [1.165, 1.54) is 6.42 Å². The molecule has 1 N–H and O–H groups in total. The zero-order valence-corrected chi connectivity index (χ0v) is 11.5. The third-order valence-corrected chi connectivity index (χ3v) is 4.23. The second-order valence-corrected chi connectivity index (χ2v) is 6.07. The number of carbonyl (C=O) groups is 1. The number of piperidine rings is 1. The maximum absolute atomic E-state index is 11.6. The molecule has 4 nitrogen and oxygen atoms in total. The normalized spacial score (nSPS) is 33.2. The third kappa shape index (κ3) is 3.23. The second-order valence-electron chi connectivity index (χ2n) is 6.07. The summed E-state index contributed by atoms with van der Waals surface area (Å²) < 4.78 is 5.17. The monoisotopic (exact) mass is 255 g/mol. The van der Waals surface area contributed by atoms with Crippen LogP contribution in [0.4, 0.5) is 0 Å². The molecule has 1 saturated heterocycles. The summed E-state index contributed by atoms with van der Waals surface area (Å²) in [7, 11) is 0. The molecule has 0 aromatic heterocycles. The maximum Gasteiger partial charge on any atom is 0.320 e. The van der Waals surface area contributed by atoms with Crippen molar-refractivity contribution >= 4 is 5.97 Å². The Kier molecular flexibility index (Phi) is 4.28. The molecule has 1 aliphatic carbocycles. The van der Waals surface area contributed by atoms with Crippen molar-refractivity contribution in [2.24, 2.45) is 5.92 Å². The Morgan fingerprint density at radius 3 is 2.94 bits per heavy atom. The van der Waals surface area contributed by atoms with E-state index >= 15 is 0 Å². The van der Waals surface area contributed by atoms with Gasteiger partial charge in [-0.1, -0.05) is 12.8 Å². The molecule has 0 aromatic carbocycles. The van der Waals surface area contributed by atoms with Gasteiger partial charge >= 0.3 is 5.97 Å². The predicted octanol–water partition coefficient (Wildman–Crippen LogP) is 1.56. The third-order valence-electron chi connectivity index (χ3n) is 4.23. The number of carbonyl (C=O) groups excluding carboxylic acids is 1. The van der Waals surface area contributed by atoms with Crippen LogP contribution in [-0.2, 0) is 9.53 Å². The Labute approximate surface area is 109 Å². The van der Waals surface area contributed by atoms with Crippen LogP contribution in [0.3, 0.4) is 0 Å². The van der Waals surface area contributed by atoms with Gasteiger partial charge in [-0.05, 0) is 33.1 Å². The lowest BCUT2D eigenvalue weighted by atomic mass is 9.71. The van der Waals surface area contributed by atoms with Gasteiger partial charge in [0.05, 0.1) is 18.2 Å². The van der Waals surface area contributed by atoms with E-state index in [4.69, 9.17) is 4.74 Å². The Bertz CT molecular complexity index is 305. The van der Waals surface area contributed by atoms with Crippen LogP contribution in [0, 0.1) is 5.92 Å². The standard InChI is InChI=1S/C14H25NO3/c1-11(2)18-13(16)10-15-8-7-14(17)6-4-3-5-12(14)9-15/h11-12,17H,3-10H2,1-2H3. The Hall–Kier alpha value is -0.610. The molecule has 2 atom stereocenters. The Morgan fingerprint density at radius 2 is 2.22 bits per heavy atom. The molecule has 2 unspecified atom stereocenters. The van der Waals surface area contributed by atoms with Crippen LogP contribution in [0.2, 0.25) is 0 Å². The fourth-order valence-electron chi connectivity index (χ4n) is 3.27. The van der Waals surface area contributed by atoms with Crippen LogP contribution in [0.1, 0.15) is 46.0 Å². The van der Waals surface area contributed by atoms with Gasteiger partial charge in [-0.25, -0.2) is 0 Å². The molecule has 0 radical (unpaired) electrons. The van der Waals surface area contributed by atoms with Gasteiger partial charge in [-0.15, -0.1) is 0 Å². The van der Waals surface area contributed by atoms with E-state index in [1.807, 2.05) is 13.8 Å². The topological polar surface area (TPSA) is 49.8 Å². The highest BCUT2D eigenvalue weighted by Gasteiger charge is 2.42. The molecule has 0 aromatic rings. The van der Waals surface area contributed by atoms with Crippen LogP contribution >= 0.6 is 0 Å². The first-order chi connectivity index (χ1) is 8.49. The number of likely N-dealkylation sites (tertiary alicyclic amines) is 1. The first-order valence-electron chi connectivity index (χ1n) is 7.14. The van der Waals surface area contributed by atoms with E-state index in [2.05, 4.69) is 4.90 Å². The fraction of sp³-hybridized carbons (Fsp3) is 0.929. The number of esters is 1. The van der Waals surface area contributed by atoms with Crippen LogP contribution in [-0.4, -0.2) is 47.3 Å². The molecule has 2 aliphatic rings. The number of ether oxygens (including phenoxy) is 1. The minimum absolute atomic E-state index is 0.0473. The number of aliphatic hydroxyl groups is 1. The summed E-state index contributed by atoms with van der Waals surface area (Å²) in [5, 5.41) is 10.5. The van der Waals surface area contributed by atoms with Crippen molar-refractivity contribution in [3.05, 3.63) is 0 Å². The van der Waals surface area contributed by atoms with E-state index in [-0.39, 0.29) is 12.1 Å². The molecular formula is C14H25NO3. The molecule has 0 spiro atoms. The highest BCUT2D eigenvalue weighted by molar-refractivity contribution is 5.71. The van der Waals surface area contributed by atoms with Gasteiger partial charge in [0.25, 0.3) is 0 Å². The predicted molar refractivity (Wildman–Crippen MR) is 69.2 cm³/mol. The zero-order chi connectivity index (χ0) is 13.2. The highest BCUT2D eigenvalue weighted by Crippen LogP contribution is 2.39. The molecule has 1 aliphatic heterocycles. The van der Waals surface area contributed by atoms with Crippen molar-refractivity contribution in [1.82, 2.24) is 4.90 Å². The zero-order valence-electron chi connectivity index (χ0n) is 11.5. The van der Waals surface area contributed by atoms with Gasteiger partial charge in [0.2, 0.25) is 0 Å². The number of rotatable bonds is 3. The lowest BCUT2D eigenvalue weighted by Crippen LogP contribution is -2.54. The van der Waals surface area contributed by atoms with Crippen molar-refractivity contribution in [3.63, 3.8) is 0 Å². The number of nitrogens with zero attached hydrogens (tertiary/aromatic N) is 1. The number of fused-ring (bicyclic) bond motifs is 1. The smallest absolute Gasteiger partial charge is 0.320 e. The fourth-order valence-corrected chi connectivity index (χ4v) is 3.27. The van der Waals surface area contributed by atoms with Gasteiger partial charge < -0.3 is 9.84 Å². The molecule has 104 valence electrons. The van der Waals surface area contributed by atoms with Crippen LogP contribution in [0.25, 0.3) is 0 Å². The van der Waals surface area contributed by atoms with E-state index in [0.717, 1.165) is 38.8 Å². The number of hydrogen-bond acceptors (Lipinski definition) is 4. The summed E-state index contributed by atoms with van der Waals surface area (Å²) in [6, 6.07) is 0. The summed E-state index contributed by atoms with van der Waals surface area (Å²) in [5.41, 5.74) is -0.462. The summed E-state index contributed by atoms with van der Waals surface area (Å²) in [5.74, 6) is 0.193. The summed E-state index contributed by atoms with van der Waals surface area (Å²) in [6.07, 6.45) is 5.12. The van der Waals surface area contributed by atoms with Gasteiger partial charge in [0, 0.05) is 19.0 Å². The Morgan fingerprint density at radius 1 is 1.44 bits per heavy atom. The van der Waals surface area contributed by atoms with E-state index in [1.54, 1.807) is 0 Å². The maximum atomic E-state index is 11.6. The van der Waals surface area contributed by atoms with Gasteiger partial charge in [-0.3, -0.25) is 9.69 Å². The van der Waals surface area contributed by atoms with Gasteiger partial charge in [-0.2, -0.15) is 0 Å². The Balaban J connectivity index is 1.85. The van der Waals surface area contributed by atoms with Crippen molar-refractivity contribution in [3.8, 4) is 0 Å². The summed E-state index contributed by atoms with van der Waals surface area (Å²) in [6.45, 7) is 5.75. The first kappa shape index (κ1) is 13.8. The van der Waals surface area contributed by atoms with E-state index < -0.39 is 5.60 Å². The van der Waals surface area contributed by atoms with Crippen molar-refractivity contribution in [2.45, 2.75) is 57.7 Å². The van der Waals surface area contributed by atoms with Crippen LogP contribution in [0.5, 0.6) is 0 Å². The van der Waals surface area contributed by atoms with Crippen molar-refractivity contribution in [1.29, 1.82) is 0 Å². The second kappa shape index (κ2) is 5.57. The lowest BCUT2D eigenvalue weighted by Gasteiger charge is -2.47. The number of hydrogen-bond donors (Lipinski definition) is 1. The molecule has 1 saturated carbocycles. The summed E-state index contributed by atoms with van der Waals surface area (Å²) in [4.78, 5) is 13.8. The highest BCUT2D eigenvalue weighted by atomic mass is 16.5. The molecule has 1 heterocycles. The van der Waals surface area contributed by atoms with Crippen LogP contribution in [0.15, 0.2) is 0 Å². The van der Waals surface area contributed by atoms with E-state index in [0.29, 0.717) is 12.5 Å². The van der Waals surface area contributed by atoms with Crippen molar-refractivity contribution in [2.75, 3.05) is 19.6 Å². The first-order valence-corrected chi connectivity index (χ1v) is 7.14. The molecule has 4 heteroatoms. The molecule has 0 amide bonds. The largest absolute Gasteiger partial charge is 0.462 e. The summed E-state index contributed by atoms with van der Waals surface area (Å²) >= 11 is 0. The lowest BCUT2D eigenvalue weighted by molar-refractivity contribution is -0.152. The van der Waals surface area contributed by atoms with Gasteiger partial charge in [0.1, 0.15) is 0 Å². The molecular weight excluding hydrogens is 230 g/mol. The SMILES string of the molecule is CC(C)OC(=O)CN1CCC2(O)CCCCC2C1. The van der Waals surface area contributed by atoms with Crippen molar-refractivity contribution < 1.29 is 14.6 Å². The minimum atomic E-state index is -0.462. The average molecular weight is 255 g/mol. The quantitative estimate of drug-likeness (QED) is 0.778. The molecule has 2 rings (SSSR count). The molecule has 0 bridgehead atoms. The van der Waals surface area contributed by atoms with Crippen LogP contribution < -0.4 is 0 Å². The van der Waals surface area contributed by atoms with E-state index in [9.17, 15) is 9.90 Å². The minimum Gasteiger partial charge on any atom is -0.462 e. The average Bonchev–Trinajstić information content (AvgIpc) is 2.28.